The van der Waals surface area contributed by atoms with Gasteiger partial charge in [0, 0.05) is 6.42 Å². The van der Waals surface area contributed by atoms with Crippen LogP contribution < -0.4 is 0 Å². The fourth-order valence-electron chi connectivity index (χ4n) is 1.16. The molecule has 76 valence electrons. The predicted molar refractivity (Wildman–Crippen MR) is 54.1 cm³/mol. The first kappa shape index (κ1) is 10.7. The summed E-state index contributed by atoms with van der Waals surface area (Å²) in [5.41, 5.74) is 1.02. The van der Waals surface area contributed by atoms with E-state index in [2.05, 4.69) is 0 Å². The Morgan fingerprint density at radius 1 is 1.36 bits per heavy atom. The summed E-state index contributed by atoms with van der Waals surface area (Å²) in [4.78, 5) is 0. The number of ether oxygens (including phenoxy) is 1. The van der Waals surface area contributed by atoms with Crippen LogP contribution in [0.25, 0.3) is 0 Å². The second-order valence-corrected chi connectivity index (χ2v) is 2.98. The van der Waals surface area contributed by atoms with Gasteiger partial charge in [-0.1, -0.05) is 12.1 Å². The highest BCUT2D eigenvalue weighted by molar-refractivity contribution is 5.72. The molecule has 1 N–H and O–H groups in total. The summed E-state index contributed by atoms with van der Waals surface area (Å²) in [6, 6.07) is 6.32. The maximum Gasteiger partial charge on any atom is 0.180 e. The minimum Gasteiger partial charge on any atom is -0.481 e. The summed E-state index contributed by atoms with van der Waals surface area (Å²) in [6.07, 6.45) is 1.29. The van der Waals surface area contributed by atoms with Gasteiger partial charge >= 0.3 is 0 Å². The Hall–Kier alpha value is -1.38. The fourth-order valence-corrected chi connectivity index (χ4v) is 1.16. The van der Waals surface area contributed by atoms with Gasteiger partial charge in [-0.05, 0) is 31.0 Å². The van der Waals surface area contributed by atoms with E-state index in [1.807, 2.05) is 6.92 Å². The summed E-state index contributed by atoms with van der Waals surface area (Å²) < 4.78 is 17.5. The summed E-state index contributed by atoms with van der Waals surface area (Å²) in [5, 5.41) is 7.38. The first-order valence-corrected chi connectivity index (χ1v) is 4.67. The topological polar surface area (TPSA) is 33.1 Å². The van der Waals surface area contributed by atoms with Crippen LogP contribution in [0.3, 0.4) is 0 Å². The van der Waals surface area contributed by atoms with Crippen molar-refractivity contribution in [1.82, 2.24) is 0 Å². The molecule has 0 amide bonds. The van der Waals surface area contributed by atoms with E-state index in [9.17, 15) is 4.39 Å². The summed E-state index contributed by atoms with van der Waals surface area (Å²) >= 11 is 0. The highest BCUT2D eigenvalue weighted by atomic mass is 19.1. The highest BCUT2D eigenvalue weighted by Gasteiger charge is 1.98. The van der Waals surface area contributed by atoms with Gasteiger partial charge in [-0.25, -0.2) is 4.39 Å². The number of nitrogens with one attached hydrogen (secondary N) is 1. The predicted octanol–water partition coefficient (Wildman–Crippen LogP) is 2.77. The van der Waals surface area contributed by atoms with E-state index >= 15 is 0 Å². The lowest BCUT2D eigenvalue weighted by molar-refractivity contribution is 0.314. The van der Waals surface area contributed by atoms with Gasteiger partial charge in [0.05, 0.1) is 6.61 Å². The standard InChI is InChI=1S/C11H14FNO/c1-2-14-11(13)8-5-9-3-6-10(12)7-4-9/h3-4,6-7,13H,2,5,8H2,1H3. The van der Waals surface area contributed by atoms with Crippen molar-refractivity contribution in [2.75, 3.05) is 6.61 Å². The first-order chi connectivity index (χ1) is 6.72. The van der Waals surface area contributed by atoms with Gasteiger partial charge in [0.2, 0.25) is 0 Å². The molecule has 0 unspecified atom stereocenters. The third-order valence-electron chi connectivity index (χ3n) is 1.87. The average molecular weight is 195 g/mol. The highest BCUT2D eigenvalue weighted by Crippen LogP contribution is 2.05. The van der Waals surface area contributed by atoms with Gasteiger partial charge in [-0.2, -0.15) is 0 Å². The summed E-state index contributed by atoms with van der Waals surface area (Å²) in [6.45, 7) is 2.38. The molecule has 0 atom stereocenters. The van der Waals surface area contributed by atoms with E-state index in [4.69, 9.17) is 10.1 Å². The largest absolute Gasteiger partial charge is 0.481 e. The molecule has 0 saturated carbocycles. The zero-order valence-corrected chi connectivity index (χ0v) is 8.22. The fraction of sp³-hybridized carbons (Fsp3) is 0.364. The van der Waals surface area contributed by atoms with Crippen LogP contribution >= 0.6 is 0 Å². The van der Waals surface area contributed by atoms with Gasteiger partial charge in [0.25, 0.3) is 0 Å². The van der Waals surface area contributed by atoms with Crippen molar-refractivity contribution in [1.29, 1.82) is 5.41 Å². The molecule has 0 aliphatic rings. The van der Waals surface area contributed by atoms with Crippen LogP contribution in [-0.4, -0.2) is 12.5 Å². The Morgan fingerprint density at radius 2 is 2.00 bits per heavy atom. The van der Waals surface area contributed by atoms with Crippen LogP contribution in [0.1, 0.15) is 18.9 Å². The molecule has 0 fully saturated rings. The zero-order valence-electron chi connectivity index (χ0n) is 8.22. The van der Waals surface area contributed by atoms with Crippen LogP contribution in [0.2, 0.25) is 0 Å². The van der Waals surface area contributed by atoms with Crippen molar-refractivity contribution in [3.63, 3.8) is 0 Å². The van der Waals surface area contributed by atoms with Gasteiger partial charge in [-0.15, -0.1) is 0 Å². The molecule has 0 radical (unpaired) electrons. The normalized spacial score (nSPS) is 9.86. The molecule has 0 saturated heterocycles. The molecule has 0 heterocycles. The van der Waals surface area contributed by atoms with Crippen LogP contribution in [0.15, 0.2) is 24.3 Å². The summed E-state index contributed by atoms with van der Waals surface area (Å²) in [7, 11) is 0. The second kappa shape index (κ2) is 5.37. The van der Waals surface area contributed by atoms with Crippen molar-refractivity contribution in [3.8, 4) is 0 Å². The van der Waals surface area contributed by atoms with Crippen LogP contribution in [0, 0.1) is 11.2 Å². The molecule has 3 heteroatoms. The number of aryl methyl sites for hydroxylation is 1. The number of hydrogen-bond acceptors (Lipinski definition) is 2. The van der Waals surface area contributed by atoms with E-state index in [-0.39, 0.29) is 11.7 Å². The molecule has 0 aromatic heterocycles. The zero-order chi connectivity index (χ0) is 10.4. The molecule has 0 aliphatic heterocycles. The Bertz CT molecular complexity index is 295. The minimum absolute atomic E-state index is 0.228. The average Bonchev–Trinajstić information content (AvgIpc) is 2.17. The lowest BCUT2D eigenvalue weighted by Gasteiger charge is -2.04. The molecular weight excluding hydrogens is 181 g/mol. The third kappa shape index (κ3) is 3.56. The second-order valence-electron chi connectivity index (χ2n) is 2.98. The van der Waals surface area contributed by atoms with Gasteiger partial charge in [0.1, 0.15) is 5.82 Å². The smallest absolute Gasteiger partial charge is 0.180 e. The molecule has 1 rings (SSSR count). The van der Waals surface area contributed by atoms with Crippen molar-refractivity contribution in [2.45, 2.75) is 19.8 Å². The van der Waals surface area contributed by atoms with Crippen molar-refractivity contribution in [2.24, 2.45) is 0 Å². The number of rotatable bonds is 4. The number of hydrogen-bond donors (Lipinski definition) is 1. The quantitative estimate of drug-likeness (QED) is 0.581. The van der Waals surface area contributed by atoms with Crippen LogP contribution in [0.4, 0.5) is 4.39 Å². The molecule has 14 heavy (non-hydrogen) atoms. The Labute approximate surface area is 83.2 Å². The van der Waals surface area contributed by atoms with Gasteiger partial charge in [-0.3, -0.25) is 5.41 Å². The van der Waals surface area contributed by atoms with E-state index < -0.39 is 0 Å². The van der Waals surface area contributed by atoms with Gasteiger partial charge in [0.15, 0.2) is 5.90 Å². The lowest BCUT2D eigenvalue weighted by Crippen LogP contribution is -2.04. The molecule has 0 aliphatic carbocycles. The number of benzene rings is 1. The first-order valence-electron chi connectivity index (χ1n) is 4.67. The molecule has 0 spiro atoms. The maximum absolute atomic E-state index is 12.5. The van der Waals surface area contributed by atoms with E-state index in [0.29, 0.717) is 13.0 Å². The molecular formula is C11H14FNO. The van der Waals surface area contributed by atoms with Crippen LogP contribution in [0.5, 0.6) is 0 Å². The molecule has 0 bridgehead atoms. The SMILES string of the molecule is CCOC(=N)CCc1ccc(F)cc1. The summed E-state index contributed by atoms with van der Waals surface area (Å²) in [5.74, 6) is 0.0606. The minimum atomic E-state index is -0.228. The van der Waals surface area contributed by atoms with E-state index in [1.54, 1.807) is 12.1 Å². The Balaban J connectivity index is 2.38. The number of halogens is 1. The maximum atomic E-state index is 12.5. The van der Waals surface area contributed by atoms with Crippen LogP contribution in [-0.2, 0) is 11.2 Å². The Morgan fingerprint density at radius 3 is 2.57 bits per heavy atom. The third-order valence-corrected chi connectivity index (χ3v) is 1.87. The van der Waals surface area contributed by atoms with Crippen molar-refractivity contribution in [3.05, 3.63) is 35.6 Å². The molecule has 2 nitrogen and oxygen atoms in total. The molecule has 1 aromatic carbocycles. The van der Waals surface area contributed by atoms with Gasteiger partial charge < -0.3 is 4.74 Å². The van der Waals surface area contributed by atoms with E-state index in [0.717, 1.165) is 12.0 Å². The van der Waals surface area contributed by atoms with E-state index in [1.165, 1.54) is 12.1 Å². The Kier molecular flexibility index (Phi) is 4.11. The lowest BCUT2D eigenvalue weighted by atomic mass is 10.1. The van der Waals surface area contributed by atoms with Crippen molar-refractivity contribution >= 4 is 5.90 Å². The monoisotopic (exact) mass is 195 g/mol. The van der Waals surface area contributed by atoms with Crippen molar-refractivity contribution < 1.29 is 9.13 Å². The molecule has 1 aromatic rings.